The predicted octanol–water partition coefficient (Wildman–Crippen LogP) is 3.76. The van der Waals surface area contributed by atoms with E-state index in [-0.39, 0.29) is 18.3 Å². The molecule has 0 saturated carbocycles. The van der Waals surface area contributed by atoms with Crippen LogP contribution in [0.1, 0.15) is 59.8 Å². The minimum absolute atomic E-state index is 0.269. The molecule has 2 saturated heterocycles. The molecule has 2 aliphatic rings. The summed E-state index contributed by atoms with van der Waals surface area (Å²) in [6.45, 7) is 10.7. The molecule has 3 nitrogen and oxygen atoms in total. The fraction of sp³-hybridized carbons (Fsp3) is 0.684. The summed E-state index contributed by atoms with van der Waals surface area (Å²) in [5.41, 5.74) is 1.87. The van der Waals surface area contributed by atoms with Crippen LogP contribution in [0.2, 0.25) is 0 Å². The van der Waals surface area contributed by atoms with Gasteiger partial charge >= 0.3 is 7.12 Å². The molecule has 0 aliphatic carbocycles. The van der Waals surface area contributed by atoms with Crippen molar-refractivity contribution >= 4 is 18.3 Å². The van der Waals surface area contributed by atoms with Crippen LogP contribution in [-0.2, 0) is 9.31 Å². The molecule has 1 aromatic rings. The maximum atomic E-state index is 6.20. The molecule has 4 heteroatoms. The standard InChI is InChI=1S/C19H30BNO2/c1-18(2)19(3,4)23-20(22-18)16-11-10-12-17(15-16)21-13-8-6-5-7-9-14-21/h10-12,15H,5-9,13-14H2,1-4H3. The first-order valence-electron chi connectivity index (χ1n) is 9.10. The molecule has 2 heterocycles. The molecular weight excluding hydrogens is 285 g/mol. The van der Waals surface area contributed by atoms with E-state index in [9.17, 15) is 0 Å². The molecule has 0 radical (unpaired) electrons. The monoisotopic (exact) mass is 315 g/mol. The van der Waals surface area contributed by atoms with Crippen LogP contribution in [0.5, 0.6) is 0 Å². The van der Waals surface area contributed by atoms with Crippen molar-refractivity contribution in [3.8, 4) is 0 Å². The molecule has 2 aliphatic heterocycles. The molecule has 23 heavy (non-hydrogen) atoms. The summed E-state index contributed by atoms with van der Waals surface area (Å²) in [6, 6.07) is 8.73. The number of benzene rings is 1. The fourth-order valence-corrected chi connectivity index (χ4v) is 3.35. The Hall–Kier alpha value is -0.995. The van der Waals surface area contributed by atoms with Crippen LogP contribution in [0, 0.1) is 0 Å². The summed E-state index contributed by atoms with van der Waals surface area (Å²) in [5, 5.41) is 0. The van der Waals surface area contributed by atoms with Crippen molar-refractivity contribution in [3.05, 3.63) is 24.3 Å². The maximum Gasteiger partial charge on any atom is 0.494 e. The lowest BCUT2D eigenvalue weighted by molar-refractivity contribution is 0.00578. The van der Waals surface area contributed by atoms with Crippen LogP contribution in [0.3, 0.4) is 0 Å². The molecule has 3 rings (SSSR count). The summed E-state index contributed by atoms with van der Waals surface area (Å²) in [4.78, 5) is 2.52. The highest BCUT2D eigenvalue weighted by molar-refractivity contribution is 6.62. The molecule has 1 aromatic carbocycles. The van der Waals surface area contributed by atoms with E-state index in [0.717, 1.165) is 18.6 Å². The number of anilines is 1. The van der Waals surface area contributed by atoms with Crippen molar-refractivity contribution in [3.63, 3.8) is 0 Å². The zero-order valence-electron chi connectivity index (χ0n) is 15.1. The van der Waals surface area contributed by atoms with Crippen molar-refractivity contribution < 1.29 is 9.31 Å². The number of rotatable bonds is 2. The van der Waals surface area contributed by atoms with Gasteiger partial charge in [-0.05, 0) is 58.1 Å². The van der Waals surface area contributed by atoms with Gasteiger partial charge in [0, 0.05) is 18.8 Å². The minimum atomic E-state index is -0.284. The highest BCUT2D eigenvalue weighted by Gasteiger charge is 2.51. The Morgan fingerprint density at radius 1 is 0.870 bits per heavy atom. The van der Waals surface area contributed by atoms with Gasteiger partial charge in [0.05, 0.1) is 11.2 Å². The van der Waals surface area contributed by atoms with Gasteiger partial charge in [-0.1, -0.05) is 31.4 Å². The quantitative estimate of drug-likeness (QED) is 0.776. The van der Waals surface area contributed by atoms with E-state index in [0.29, 0.717) is 0 Å². The van der Waals surface area contributed by atoms with Crippen molar-refractivity contribution in [1.82, 2.24) is 0 Å². The molecule has 0 aromatic heterocycles. The van der Waals surface area contributed by atoms with E-state index in [4.69, 9.17) is 9.31 Å². The Kier molecular flexibility index (Phi) is 4.75. The summed E-state index contributed by atoms with van der Waals surface area (Å²) < 4.78 is 12.4. The largest absolute Gasteiger partial charge is 0.494 e. The second kappa shape index (κ2) is 6.48. The highest BCUT2D eigenvalue weighted by Crippen LogP contribution is 2.36. The number of nitrogens with zero attached hydrogens (tertiary/aromatic N) is 1. The molecule has 0 N–H and O–H groups in total. The third-order valence-electron chi connectivity index (χ3n) is 5.62. The van der Waals surface area contributed by atoms with E-state index in [1.165, 1.54) is 37.8 Å². The number of hydrogen-bond acceptors (Lipinski definition) is 3. The van der Waals surface area contributed by atoms with Crippen LogP contribution in [0.15, 0.2) is 24.3 Å². The second-order valence-electron chi connectivity index (χ2n) is 7.94. The van der Waals surface area contributed by atoms with E-state index < -0.39 is 0 Å². The smallest absolute Gasteiger partial charge is 0.399 e. The van der Waals surface area contributed by atoms with Gasteiger partial charge in [-0.25, -0.2) is 0 Å². The van der Waals surface area contributed by atoms with Crippen LogP contribution in [0.25, 0.3) is 0 Å². The third-order valence-corrected chi connectivity index (χ3v) is 5.62. The van der Waals surface area contributed by atoms with Crippen LogP contribution in [-0.4, -0.2) is 31.4 Å². The van der Waals surface area contributed by atoms with Crippen LogP contribution < -0.4 is 10.4 Å². The molecule has 0 atom stereocenters. The summed E-state index contributed by atoms with van der Waals surface area (Å²) in [5.74, 6) is 0. The summed E-state index contributed by atoms with van der Waals surface area (Å²) >= 11 is 0. The molecule has 0 unspecified atom stereocenters. The lowest BCUT2D eigenvalue weighted by Gasteiger charge is -2.32. The molecule has 0 amide bonds. The normalized spacial score (nSPS) is 24.3. The fourth-order valence-electron chi connectivity index (χ4n) is 3.35. The average Bonchev–Trinajstić information content (AvgIpc) is 2.67. The maximum absolute atomic E-state index is 6.20. The van der Waals surface area contributed by atoms with Gasteiger partial charge in [-0.15, -0.1) is 0 Å². The van der Waals surface area contributed by atoms with Crippen molar-refractivity contribution in [2.24, 2.45) is 0 Å². The first-order valence-corrected chi connectivity index (χ1v) is 9.10. The molecule has 126 valence electrons. The van der Waals surface area contributed by atoms with Crippen molar-refractivity contribution in [1.29, 1.82) is 0 Å². The topological polar surface area (TPSA) is 21.7 Å². The Morgan fingerprint density at radius 2 is 1.43 bits per heavy atom. The van der Waals surface area contributed by atoms with Gasteiger partial charge in [0.25, 0.3) is 0 Å². The van der Waals surface area contributed by atoms with Gasteiger partial charge in [-0.2, -0.15) is 0 Å². The zero-order chi connectivity index (χ0) is 16.5. The van der Waals surface area contributed by atoms with Gasteiger partial charge in [0.1, 0.15) is 0 Å². The molecular formula is C19H30BNO2. The third kappa shape index (κ3) is 3.58. The van der Waals surface area contributed by atoms with Crippen molar-refractivity contribution in [2.75, 3.05) is 18.0 Å². The van der Waals surface area contributed by atoms with E-state index in [1.807, 2.05) is 0 Å². The zero-order valence-corrected chi connectivity index (χ0v) is 15.1. The molecule has 0 spiro atoms. The van der Waals surface area contributed by atoms with Gasteiger partial charge in [-0.3, -0.25) is 0 Å². The van der Waals surface area contributed by atoms with E-state index in [2.05, 4.69) is 56.9 Å². The average molecular weight is 315 g/mol. The van der Waals surface area contributed by atoms with Crippen LogP contribution >= 0.6 is 0 Å². The Morgan fingerprint density at radius 3 is 2.04 bits per heavy atom. The first kappa shape index (κ1) is 16.8. The van der Waals surface area contributed by atoms with E-state index >= 15 is 0 Å². The van der Waals surface area contributed by atoms with Gasteiger partial charge in [0.15, 0.2) is 0 Å². The lowest BCUT2D eigenvalue weighted by atomic mass is 9.79. The van der Waals surface area contributed by atoms with Crippen LogP contribution in [0.4, 0.5) is 5.69 Å². The Bertz CT molecular complexity index is 520. The Balaban J connectivity index is 1.77. The van der Waals surface area contributed by atoms with Gasteiger partial charge < -0.3 is 14.2 Å². The predicted molar refractivity (Wildman–Crippen MR) is 97.5 cm³/mol. The first-order chi connectivity index (χ1) is 10.9. The Labute approximate surface area is 141 Å². The van der Waals surface area contributed by atoms with E-state index in [1.54, 1.807) is 0 Å². The summed E-state index contributed by atoms with van der Waals surface area (Å²) in [6.07, 6.45) is 6.68. The highest BCUT2D eigenvalue weighted by atomic mass is 16.7. The lowest BCUT2D eigenvalue weighted by Crippen LogP contribution is -2.41. The molecule has 2 fully saturated rings. The SMILES string of the molecule is CC1(C)OB(c2cccc(N3CCCCCCC3)c2)OC1(C)C. The minimum Gasteiger partial charge on any atom is -0.399 e. The van der Waals surface area contributed by atoms with Crippen molar-refractivity contribution in [2.45, 2.75) is 71.0 Å². The molecule has 0 bridgehead atoms. The number of hydrogen-bond donors (Lipinski definition) is 0. The van der Waals surface area contributed by atoms with Gasteiger partial charge in [0.2, 0.25) is 0 Å². The summed E-state index contributed by atoms with van der Waals surface area (Å²) in [7, 11) is -0.269. The second-order valence-corrected chi connectivity index (χ2v) is 7.94.